The van der Waals surface area contributed by atoms with E-state index in [1.165, 1.54) is 11.3 Å². The molecular formula is C25H25N3O4S. The quantitative estimate of drug-likeness (QED) is 0.557. The molecule has 170 valence electrons. The van der Waals surface area contributed by atoms with Crippen molar-refractivity contribution in [2.24, 2.45) is 0 Å². The maximum atomic E-state index is 13.0. The molecule has 0 spiro atoms. The van der Waals surface area contributed by atoms with E-state index in [2.05, 4.69) is 10.6 Å². The smallest absolute Gasteiger partial charge is 0.264 e. The lowest BCUT2D eigenvalue weighted by atomic mass is 10.0. The molecule has 2 N–H and O–H groups in total. The van der Waals surface area contributed by atoms with Gasteiger partial charge in [0.2, 0.25) is 5.91 Å². The van der Waals surface area contributed by atoms with Gasteiger partial charge in [0.25, 0.3) is 11.8 Å². The van der Waals surface area contributed by atoms with Gasteiger partial charge >= 0.3 is 0 Å². The van der Waals surface area contributed by atoms with Crippen LogP contribution in [0, 0.1) is 0 Å². The predicted octanol–water partition coefficient (Wildman–Crippen LogP) is 4.64. The molecule has 3 amide bonds. The number of rotatable bonds is 6. The molecule has 2 heterocycles. The van der Waals surface area contributed by atoms with Crippen molar-refractivity contribution in [3.63, 3.8) is 0 Å². The van der Waals surface area contributed by atoms with E-state index in [-0.39, 0.29) is 17.7 Å². The number of nitrogens with zero attached hydrogens (tertiary/aromatic N) is 1. The molecule has 4 rings (SSSR count). The number of likely N-dealkylation sites (tertiary alicyclic amines) is 1. The summed E-state index contributed by atoms with van der Waals surface area (Å²) in [5.74, 6) is 0.144. The van der Waals surface area contributed by atoms with Crippen LogP contribution in [0.1, 0.15) is 39.3 Å². The third-order valence-electron chi connectivity index (χ3n) is 5.56. The lowest BCUT2D eigenvalue weighted by Gasteiger charge is -2.34. The number of anilines is 2. The zero-order chi connectivity index (χ0) is 23.2. The second-order valence-electron chi connectivity index (χ2n) is 7.74. The first kappa shape index (κ1) is 22.5. The number of carbonyl (C=O) groups is 3. The van der Waals surface area contributed by atoms with Gasteiger partial charge < -0.3 is 20.3 Å². The highest BCUT2D eigenvalue weighted by Crippen LogP contribution is 2.23. The van der Waals surface area contributed by atoms with Gasteiger partial charge in [0.15, 0.2) is 0 Å². The highest BCUT2D eigenvalue weighted by molar-refractivity contribution is 7.12. The van der Waals surface area contributed by atoms with E-state index in [0.717, 1.165) is 12.8 Å². The second kappa shape index (κ2) is 10.3. The van der Waals surface area contributed by atoms with Crippen molar-refractivity contribution in [2.45, 2.75) is 25.3 Å². The Bertz CT molecular complexity index is 1110. The average molecular weight is 464 g/mol. The summed E-state index contributed by atoms with van der Waals surface area (Å²) in [6.07, 6.45) is 2.42. The average Bonchev–Trinajstić information content (AvgIpc) is 3.39. The van der Waals surface area contributed by atoms with E-state index in [1.807, 2.05) is 11.4 Å². The molecule has 2 aromatic carbocycles. The molecule has 33 heavy (non-hydrogen) atoms. The van der Waals surface area contributed by atoms with Gasteiger partial charge in [-0.25, -0.2) is 0 Å². The fraction of sp³-hybridized carbons (Fsp3) is 0.240. The summed E-state index contributed by atoms with van der Waals surface area (Å²) in [4.78, 5) is 40.6. The van der Waals surface area contributed by atoms with Crippen LogP contribution in [0.3, 0.4) is 0 Å². The zero-order valence-electron chi connectivity index (χ0n) is 18.2. The van der Waals surface area contributed by atoms with Crippen molar-refractivity contribution in [3.05, 3.63) is 76.5 Å². The Morgan fingerprint density at radius 2 is 1.64 bits per heavy atom. The summed E-state index contributed by atoms with van der Waals surface area (Å²) < 4.78 is 5.12. The number of piperidine rings is 1. The zero-order valence-corrected chi connectivity index (χ0v) is 19.1. The summed E-state index contributed by atoms with van der Waals surface area (Å²) in [5, 5.41) is 7.58. The molecule has 0 radical (unpaired) electrons. The Hall–Kier alpha value is -3.65. The van der Waals surface area contributed by atoms with Gasteiger partial charge in [0.1, 0.15) is 11.8 Å². The summed E-state index contributed by atoms with van der Waals surface area (Å²) in [6, 6.07) is 16.9. The van der Waals surface area contributed by atoms with Gasteiger partial charge in [-0.3, -0.25) is 14.4 Å². The van der Waals surface area contributed by atoms with Crippen molar-refractivity contribution >= 4 is 40.4 Å². The molecule has 0 saturated carbocycles. The monoisotopic (exact) mass is 463 g/mol. The van der Waals surface area contributed by atoms with Crippen molar-refractivity contribution in [1.82, 2.24) is 4.90 Å². The van der Waals surface area contributed by atoms with Crippen LogP contribution in [0.25, 0.3) is 0 Å². The van der Waals surface area contributed by atoms with Gasteiger partial charge in [-0.1, -0.05) is 6.07 Å². The molecule has 0 unspecified atom stereocenters. The van der Waals surface area contributed by atoms with E-state index >= 15 is 0 Å². The maximum Gasteiger partial charge on any atom is 0.264 e. The van der Waals surface area contributed by atoms with Crippen LogP contribution in [0.5, 0.6) is 5.75 Å². The van der Waals surface area contributed by atoms with Crippen LogP contribution in [-0.2, 0) is 4.79 Å². The number of hydrogen-bond acceptors (Lipinski definition) is 5. The largest absolute Gasteiger partial charge is 0.497 e. The second-order valence-corrected chi connectivity index (χ2v) is 8.68. The molecule has 0 bridgehead atoms. The number of thiophene rings is 1. The summed E-state index contributed by atoms with van der Waals surface area (Å²) in [5.41, 5.74) is 1.71. The van der Waals surface area contributed by atoms with Gasteiger partial charge in [-0.15, -0.1) is 11.3 Å². The molecule has 1 aromatic heterocycles. The van der Waals surface area contributed by atoms with Crippen LogP contribution < -0.4 is 15.4 Å². The lowest BCUT2D eigenvalue weighted by molar-refractivity contribution is -0.121. The molecule has 1 atom stereocenters. The highest BCUT2D eigenvalue weighted by Gasteiger charge is 2.33. The third-order valence-corrected chi connectivity index (χ3v) is 6.42. The summed E-state index contributed by atoms with van der Waals surface area (Å²) >= 11 is 1.38. The van der Waals surface area contributed by atoms with Crippen LogP contribution in [0.15, 0.2) is 66.0 Å². The topological polar surface area (TPSA) is 87.7 Å². The Labute approximate surface area is 196 Å². The number of hydrogen-bond donors (Lipinski definition) is 2. The van der Waals surface area contributed by atoms with Crippen molar-refractivity contribution < 1.29 is 19.1 Å². The summed E-state index contributed by atoms with van der Waals surface area (Å²) in [7, 11) is 1.58. The van der Waals surface area contributed by atoms with E-state index in [4.69, 9.17) is 4.74 Å². The van der Waals surface area contributed by atoms with Crippen molar-refractivity contribution in [2.75, 3.05) is 24.3 Å². The number of amides is 3. The first-order valence-electron chi connectivity index (χ1n) is 10.8. The normalized spacial score (nSPS) is 15.5. The third kappa shape index (κ3) is 5.40. The van der Waals surface area contributed by atoms with Gasteiger partial charge in [-0.05, 0) is 79.2 Å². The SMILES string of the molecule is COc1ccc(NC(=O)c2ccc(NC(=O)[C@@H]3CCCCN3C(=O)c3cccs3)cc2)cc1. The van der Waals surface area contributed by atoms with E-state index < -0.39 is 6.04 Å². The minimum absolute atomic E-state index is 0.101. The van der Waals surface area contributed by atoms with Crippen LogP contribution in [0.4, 0.5) is 11.4 Å². The number of benzene rings is 2. The first-order chi connectivity index (χ1) is 16.0. The number of nitrogens with one attached hydrogen (secondary N) is 2. The summed E-state index contributed by atoms with van der Waals surface area (Å²) in [6.45, 7) is 0.569. The van der Waals surface area contributed by atoms with Gasteiger partial charge in [0, 0.05) is 23.5 Å². The molecule has 7 nitrogen and oxygen atoms in total. The fourth-order valence-corrected chi connectivity index (χ4v) is 4.48. The maximum absolute atomic E-state index is 13.0. The van der Waals surface area contributed by atoms with E-state index in [9.17, 15) is 14.4 Å². The van der Waals surface area contributed by atoms with Crippen LogP contribution in [0.2, 0.25) is 0 Å². The molecule has 1 saturated heterocycles. The number of ether oxygens (including phenoxy) is 1. The Morgan fingerprint density at radius 3 is 2.30 bits per heavy atom. The number of methoxy groups -OCH3 is 1. The lowest BCUT2D eigenvalue weighted by Crippen LogP contribution is -2.49. The Kier molecular flexibility index (Phi) is 7.04. The predicted molar refractivity (Wildman–Crippen MR) is 129 cm³/mol. The van der Waals surface area contributed by atoms with Crippen molar-refractivity contribution in [1.29, 1.82) is 0 Å². The molecule has 1 aliphatic rings. The molecule has 8 heteroatoms. The Morgan fingerprint density at radius 1 is 0.939 bits per heavy atom. The molecule has 1 fully saturated rings. The van der Waals surface area contributed by atoms with Crippen molar-refractivity contribution in [3.8, 4) is 5.75 Å². The van der Waals surface area contributed by atoms with E-state index in [0.29, 0.717) is 40.5 Å². The van der Waals surface area contributed by atoms with Crippen LogP contribution in [-0.4, -0.2) is 42.3 Å². The first-order valence-corrected chi connectivity index (χ1v) is 11.6. The molecule has 0 aliphatic carbocycles. The Balaban J connectivity index is 1.38. The molecule has 1 aliphatic heterocycles. The van der Waals surface area contributed by atoms with Gasteiger partial charge in [0.05, 0.1) is 12.0 Å². The molecular weight excluding hydrogens is 438 g/mol. The minimum Gasteiger partial charge on any atom is -0.497 e. The number of carbonyl (C=O) groups excluding carboxylic acids is 3. The fourth-order valence-electron chi connectivity index (χ4n) is 3.80. The van der Waals surface area contributed by atoms with Gasteiger partial charge in [-0.2, -0.15) is 0 Å². The standard InChI is InChI=1S/C25H25N3O4S/c1-32-20-13-11-19(12-14-20)26-23(29)17-7-9-18(10-8-17)27-24(30)21-5-2-3-15-28(21)25(31)22-6-4-16-33-22/h4,6-14,16,21H,2-3,5,15H2,1H3,(H,26,29)(H,27,30)/t21-/m0/s1. The minimum atomic E-state index is -0.508. The highest BCUT2D eigenvalue weighted by atomic mass is 32.1. The van der Waals surface area contributed by atoms with E-state index in [1.54, 1.807) is 66.6 Å². The van der Waals surface area contributed by atoms with Crippen LogP contribution >= 0.6 is 11.3 Å². The molecule has 3 aromatic rings.